The molecule has 1 saturated carbocycles. The van der Waals surface area contributed by atoms with Gasteiger partial charge in [-0.2, -0.15) is 5.10 Å². The quantitative estimate of drug-likeness (QED) is 0.805. The summed E-state index contributed by atoms with van der Waals surface area (Å²) in [5, 5.41) is 19.6. The lowest BCUT2D eigenvalue weighted by atomic mass is 10.1. The van der Waals surface area contributed by atoms with Crippen molar-refractivity contribution in [1.82, 2.24) is 20.1 Å². The zero-order chi connectivity index (χ0) is 16.2. The van der Waals surface area contributed by atoms with Crippen LogP contribution in [0.5, 0.6) is 0 Å². The largest absolute Gasteiger partial charge is 0.393 e. The second kappa shape index (κ2) is 6.78. The molecule has 3 N–H and O–H groups in total. The van der Waals surface area contributed by atoms with Crippen molar-refractivity contribution < 1.29 is 9.90 Å². The number of nitrogens with zero attached hydrogens (tertiary/aromatic N) is 3. The topological polar surface area (TPSA) is 94.1 Å². The molecule has 2 unspecified atom stereocenters. The van der Waals surface area contributed by atoms with Gasteiger partial charge in [0.05, 0.1) is 23.7 Å². The van der Waals surface area contributed by atoms with E-state index >= 15 is 0 Å². The normalized spacial score (nSPS) is 20.4. The lowest BCUT2D eigenvalue weighted by molar-refractivity contribution is 0.116. The summed E-state index contributed by atoms with van der Waals surface area (Å²) >= 11 is 0. The molecule has 1 fully saturated rings. The fourth-order valence-corrected chi connectivity index (χ4v) is 2.96. The van der Waals surface area contributed by atoms with Gasteiger partial charge in [-0.3, -0.25) is 10.1 Å². The highest BCUT2D eigenvalue weighted by Gasteiger charge is 2.27. The Bertz CT molecular complexity index is 658. The van der Waals surface area contributed by atoms with Crippen LogP contribution in [0.3, 0.4) is 0 Å². The maximum atomic E-state index is 12.4. The van der Waals surface area contributed by atoms with Crippen molar-refractivity contribution in [3.05, 3.63) is 30.6 Å². The first-order valence-electron chi connectivity index (χ1n) is 7.80. The number of carbonyl (C=O) groups excluding carboxylic acids is 1. The third-order valence-corrected chi connectivity index (χ3v) is 4.28. The highest BCUT2D eigenvalue weighted by atomic mass is 16.3. The Morgan fingerprint density at radius 2 is 2.35 bits per heavy atom. The highest BCUT2D eigenvalue weighted by Crippen LogP contribution is 2.27. The molecule has 2 heterocycles. The van der Waals surface area contributed by atoms with Gasteiger partial charge in [0.25, 0.3) is 0 Å². The van der Waals surface area contributed by atoms with E-state index in [2.05, 4.69) is 20.5 Å². The lowest BCUT2D eigenvalue weighted by Crippen LogP contribution is -2.37. The Morgan fingerprint density at radius 1 is 1.48 bits per heavy atom. The minimum absolute atomic E-state index is 0.158. The van der Waals surface area contributed by atoms with E-state index in [-0.39, 0.29) is 18.1 Å². The third kappa shape index (κ3) is 3.50. The van der Waals surface area contributed by atoms with Crippen LogP contribution in [0.1, 0.15) is 19.3 Å². The molecule has 0 saturated heterocycles. The molecule has 0 bridgehead atoms. The standard InChI is InChI=1S/C16H21N5O2/c1-21(10-11-5-4-7-14(11)22)16(23)19-13-9-18-20-15(13)12-6-2-3-8-17-12/h2-3,6,8-9,11,14,22H,4-5,7,10H2,1H3,(H,18,20)(H,19,23). The Balaban J connectivity index is 1.65. The van der Waals surface area contributed by atoms with Gasteiger partial charge in [-0.1, -0.05) is 12.5 Å². The summed E-state index contributed by atoms with van der Waals surface area (Å²) in [5.41, 5.74) is 1.98. The molecule has 1 aliphatic rings. The number of H-pyrrole nitrogens is 1. The summed E-state index contributed by atoms with van der Waals surface area (Å²) in [7, 11) is 1.74. The Morgan fingerprint density at radius 3 is 3.04 bits per heavy atom. The van der Waals surface area contributed by atoms with Crippen molar-refractivity contribution in [3.8, 4) is 11.4 Å². The number of urea groups is 1. The number of carbonyl (C=O) groups is 1. The number of anilines is 1. The van der Waals surface area contributed by atoms with Crippen molar-refractivity contribution in [2.45, 2.75) is 25.4 Å². The smallest absolute Gasteiger partial charge is 0.321 e. The molecule has 0 spiro atoms. The average molecular weight is 315 g/mol. The first kappa shape index (κ1) is 15.5. The molecule has 1 aliphatic carbocycles. The number of aromatic nitrogens is 3. The van der Waals surface area contributed by atoms with Crippen LogP contribution in [0.25, 0.3) is 11.4 Å². The van der Waals surface area contributed by atoms with Gasteiger partial charge < -0.3 is 15.3 Å². The Kier molecular flexibility index (Phi) is 4.57. The van der Waals surface area contributed by atoms with Crippen LogP contribution in [0.2, 0.25) is 0 Å². The number of hydrogen-bond acceptors (Lipinski definition) is 4. The number of amides is 2. The SMILES string of the molecule is CN(CC1CCCC1O)C(=O)Nc1cn[nH]c1-c1ccccn1. The Hall–Kier alpha value is -2.41. The van der Waals surface area contributed by atoms with Crippen LogP contribution >= 0.6 is 0 Å². The van der Waals surface area contributed by atoms with Crippen LogP contribution in [-0.2, 0) is 0 Å². The second-order valence-corrected chi connectivity index (χ2v) is 5.94. The number of hydrogen-bond donors (Lipinski definition) is 3. The number of rotatable bonds is 4. The molecule has 2 amide bonds. The van der Waals surface area contributed by atoms with E-state index in [1.807, 2.05) is 18.2 Å². The van der Waals surface area contributed by atoms with Crippen molar-refractivity contribution in [2.75, 3.05) is 18.9 Å². The van der Waals surface area contributed by atoms with Gasteiger partial charge >= 0.3 is 6.03 Å². The van der Waals surface area contributed by atoms with Crippen LogP contribution < -0.4 is 5.32 Å². The minimum Gasteiger partial charge on any atom is -0.393 e. The van der Waals surface area contributed by atoms with Crippen LogP contribution in [0.4, 0.5) is 10.5 Å². The van der Waals surface area contributed by atoms with Gasteiger partial charge in [0.1, 0.15) is 5.69 Å². The fraction of sp³-hybridized carbons (Fsp3) is 0.438. The average Bonchev–Trinajstić information content (AvgIpc) is 3.18. The van der Waals surface area contributed by atoms with Crippen LogP contribution in [-0.4, -0.2) is 50.9 Å². The lowest BCUT2D eigenvalue weighted by Gasteiger charge is -2.23. The van der Waals surface area contributed by atoms with Gasteiger partial charge in [-0.25, -0.2) is 4.79 Å². The van der Waals surface area contributed by atoms with Crippen LogP contribution in [0.15, 0.2) is 30.6 Å². The fourth-order valence-electron chi connectivity index (χ4n) is 2.96. The van der Waals surface area contributed by atoms with E-state index in [4.69, 9.17) is 0 Å². The van der Waals surface area contributed by atoms with Gasteiger partial charge in [0.15, 0.2) is 0 Å². The summed E-state index contributed by atoms with van der Waals surface area (Å²) in [6.45, 7) is 0.545. The molecule has 2 atom stereocenters. The molecule has 7 nitrogen and oxygen atoms in total. The molecule has 2 aromatic heterocycles. The monoisotopic (exact) mass is 315 g/mol. The van der Waals surface area contributed by atoms with E-state index in [1.165, 1.54) is 0 Å². The van der Waals surface area contributed by atoms with Crippen molar-refractivity contribution in [3.63, 3.8) is 0 Å². The summed E-state index contributed by atoms with van der Waals surface area (Å²) in [6.07, 6.45) is 5.76. The number of aromatic amines is 1. The summed E-state index contributed by atoms with van der Waals surface area (Å²) < 4.78 is 0. The molecule has 23 heavy (non-hydrogen) atoms. The van der Waals surface area contributed by atoms with Crippen molar-refractivity contribution in [1.29, 1.82) is 0 Å². The van der Waals surface area contributed by atoms with E-state index < -0.39 is 0 Å². The van der Waals surface area contributed by atoms with Gasteiger partial charge in [0, 0.05) is 25.7 Å². The number of aliphatic hydroxyl groups is 1. The summed E-state index contributed by atoms with van der Waals surface area (Å²) in [5.74, 6) is 0.158. The molecular weight excluding hydrogens is 294 g/mol. The molecule has 0 aromatic carbocycles. The number of aliphatic hydroxyl groups excluding tert-OH is 1. The number of nitrogens with one attached hydrogen (secondary N) is 2. The van der Waals surface area contributed by atoms with E-state index in [9.17, 15) is 9.90 Å². The second-order valence-electron chi connectivity index (χ2n) is 5.94. The maximum Gasteiger partial charge on any atom is 0.321 e. The highest BCUT2D eigenvalue weighted by molar-refractivity contribution is 5.92. The molecule has 3 rings (SSSR count). The zero-order valence-electron chi connectivity index (χ0n) is 13.1. The molecular formula is C16H21N5O2. The van der Waals surface area contributed by atoms with E-state index in [0.29, 0.717) is 23.6 Å². The van der Waals surface area contributed by atoms with Crippen molar-refractivity contribution >= 4 is 11.7 Å². The van der Waals surface area contributed by atoms with Crippen molar-refractivity contribution in [2.24, 2.45) is 5.92 Å². The van der Waals surface area contributed by atoms with E-state index in [1.54, 1.807) is 24.3 Å². The molecule has 7 heteroatoms. The first-order chi connectivity index (χ1) is 11.1. The van der Waals surface area contributed by atoms with Crippen LogP contribution in [0, 0.1) is 5.92 Å². The van der Waals surface area contributed by atoms with Gasteiger partial charge in [-0.15, -0.1) is 0 Å². The summed E-state index contributed by atoms with van der Waals surface area (Å²) in [4.78, 5) is 18.2. The van der Waals surface area contributed by atoms with E-state index in [0.717, 1.165) is 19.3 Å². The van der Waals surface area contributed by atoms with Gasteiger partial charge in [-0.05, 0) is 25.0 Å². The maximum absolute atomic E-state index is 12.4. The predicted octanol–water partition coefficient (Wildman–Crippen LogP) is 2.10. The molecule has 0 radical (unpaired) electrons. The minimum atomic E-state index is -0.303. The number of pyridine rings is 1. The van der Waals surface area contributed by atoms with Gasteiger partial charge in [0.2, 0.25) is 0 Å². The first-order valence-corrected chi connectivity index (χ1v) is 7.80. The summed E-state index contributed by atoms with van der Waals surface area (Å²) in [6, 6.07) is 5.34. The third-order valence-electron chi connectivity index (χ3n) is 4.28. The Labute approximate surface area is 134 Å². The molecule has 122 valence electrons. The predicted molar refractivity (Wildman–Crippen MR) is 86.8 cm³/mol. The molecule has 2 aromatic rings. The molecule has 0 aliphatic heterocycles. The zero-order valence-corrected chi connectivity index (χ0v) is 13.1.